The molecule has 3 nitrogen and oxygen atoms in total. The zero-order chi connectivity index (χ0) is 16.0. The lowest BCUT2D eigenvalue weighted by atomic mass is 9.74. The van der Waals surface area contributed by atoms with E-state index in [-0.39, 0.29) is 0 Å². The van der Waals surface area contributed by atoms with Gasteiger partial charge in [-0.2, -0.15) is 5.10 Å². The van der Waals surface area contributed by atoms with Gasteiger partial charge in [0, 0.05) is 22.9 Å². The number of nitrogens with zero attached hydrogens (tertiary/aromatic N) is 2. The molecule has 0 aliphatic heterocycles. The van der Waals surface area contributed by atoms with Crippen molar-refractivity contribution in [3.63, 3.8) is 0 Å². The van der Waals surface area contributed by atoms with Gasteiger partial charge in [0.05, 0.1) is 11.3 Å². The highest BCUT2D eigenvalue weighted by Gasteiger charge is 2.36. The molecule has 2 aliphatic carbocycles. The van der Waals surface area contributed by atoms with Crippen LogP contribution in [0.4, 0.5) is 0 Å². The van der Waals surface area contributed by atoms with Gasteiger partial charge in [-0.25, -0.2) is 0 Å². The first-order valence-electron chi connectivity index (χ1n) is 9.02. The zero-order valence-electron chi connectivity index (χ0n) is 14.2. The lowest BCUT2D eigenvalue weighted by Crippen LogP contribution is -2.33. The van der Waals surface area contributed by atoms with Crippen LogP contribution >= 0.6 is 0 Å². The van der Waals surface area contributed by atoms with Gasteiger partial charge >= 0.3 is 0 Å². The molecule has 0 amide bonds. The maximum Gasteiger partial charge on any atom is 0.0958 e. The van der Waals surface area contributed by atoms with Crippen molar-refractivity contribution in [1.82, 2.24) is 9.78 Å². The summed E-state index contributed by atoms with van der Waals surface area (Å²) in [5.41, 5.74) is 5.62. The Kier molecular flexibility index (Phi) is 3.56. The van der Waals surface area contributed by atoms with Gasteiger partial charge in [0.25, 0.3) is 0 Å². The maximum atomic E-state index is 10.7. The number of fused-ring (bicyclic) bond motifs is 1. The monoisotopic (exact) mass is 310 g/mol. The van der Waals surface area contributed by atoms with Crippen molar-refractivity contribution in [2.75, 3.05) is 0 Å². The lowest BCUT2D eigenvalue weighted by Gasteiger charge is -2.37. The Morgan fingerprint density at radius 2 is 1.91 bits per heavy atom. The molecule has 4 rings (SSSR count). The second kappa shape index (κ2) is 5.48. The van der Waals surface area contributed by atoms with E-state index in [0.717, 1.165) is 43.4 Å². The Morgan fingerprint density at radius 1 is 1.13 bits per heavy atom. The number of benzene rings is 1. The number of aliphatic hydroxyl groups is 1. The SMILES string of the molecule is CC(C)n1nc(-c2cccc(C3(O)CCC3)c2)c2c1CCCC2. The van der Waals surface area contributed by atoms with Crippen LogP contribution in [0.3, 0.4) is 0 Å². The molecule has 0 atom stereocenters. The third-order valence-electron chi connectivity index (χ3n) is 5.55. The van der Waals surface area contributed by atoms with Crippen molar-refractivity contribution in [3.8, 4) is 11.3 Å². The molecule has 2 aromatic rings. The van der Waals surface area contributed by atoms with Gasteiger partial charge < -0.3 is 5.11 Å². The van der Waals surface area contributed by atoms with Crippen molar-refractivity contribution >= 4 is 0 Å². The third kappa shape index (κ3) is 2.42. The Balaban J connectivity index is 1.80. The van der Waals surface area contributed by atoms with E-state index in [1.807, 2.05) is 0 Å². The van der Waals surface area contributed by atoms with Crippen LogP contribution in [-0.4, -0.2) is 14.9 Å². The van der Waals surface area contributed by atoms with Gasteiger partial charge in [-0.15, -0.1) is 0 Å². The van der Waals surface area contributed by atoms with Gasteiger partial charge in [0.2, 0.25) is 0 Å². The Bertz CT molecular complexity index is 725. The van der Waals surface area contributed by atoms with E-state index in [2.05, 4.69) is 42.8 Å². The summed E-state index contributed by atoms with van der Waals surface area (Å²) in [7, 11) is 0. The largest absolute Gasteiger partial charge is 0.385 e. The first-order valence-corrected chi connectivity index (χ1v) is 9.02. The molecular weight excluding hydrogens is 284 g/mol. The first kappa shape index (κ1) is 14.9. The second-order valence-corrected chi connectivity index (χ2v) is 7.49. The first-order chi connectivity index (χ1) is 11.1. The molecule has 0 bridgehead atoms. The van der Waals surface area contributed by atoms with Crippen LogP contribution < -0.4 is 0 Å². The molecule has 122 valence electrons. The fraction of sp³-hybridized carbons (Fsp3) is 0.550. The molecule has 3 heteroatoms. The van der Waals surface area contributed by atoms with E-state index in [4.69, 9.17) is 5.10 Å². The van der Waals surface area contributed by atoms with Crippen LogP contribution in [0.1, 0.15) is 68.8 Å². The van der Waals surface area contributed by atoms with Crippen molar-refractivity contribution < 1.29 is 5.11 Å². The van der Waals surface area contributed by atoms with Gasteiger partial charge in [0.15, 0.2) is 0 Å². The van der Waals surface area contributed by atoms with Crippen LogP contribution in [0.5, 0.6) is 0 Å². The van der Waals surface area contributed by atoms with Gasteiger partial charge in [-0.1, -0.05) is 18.2 Å². The molecule has 1 aromatic heterocycles. The number of hydrogen-bond acceptors (Lipinski definition) is 2. The fourth-order valence-corrected chi connectivity index (χ4v) is 4.04. The van der Waals surface area contributed by atoms with E-state index in [1.165, 1.54) is 29.7 Å². The normalized spacial score (nSPS) is 19.5. The number of rotatable bonds is 3. The highest BCUT2D eigenvalue weighted by Crippen LogP contribution is 2.42. The lowest BCUT2D eigenvalue weighted by molar-refractivity contribution is -0.0387. The molecule has 1 fully saturated rings. The summed E-state index contributed by atoms with van der Waals surface area (Å²) in [5, 5.41) is 15.6. The summed E-state index contributed by atoms with van der Waals surface area (Å²) < 4.78 is 2.22. The van der Waals surface area contributed by atoms with Crippen LogP contribution in [0.2, 0.25) is 0 Å². The molecule has 0 unspecified atom stereocenters. The Labute approximate surface area is 138 Å². The molecular formula is C20H26N2O. The summed E-state index contributed by atoms with van der Waals surface area (Å²) in [5.74, 6) is 0. The molecule has 1 N–H and O–H groups in total. The minimum atomic E-state index is -0.601. The molecule has 0 radical (unpaired) electrons. The van der Waals surface area contributed by atoms with E-state index in [9.17, 15) is 5.11 Å². The van der Waals surface area contributed by atoms with E-state index < -0.39 is 5.60 Å². The van der Waals surface area contributed by atoms with Gasteiger partial charge in [0.1, 0.15) is 0 Å². The van der Waals surface area contributed by atoms with Gasteiger partial charge in [-0.3, -0.25) is 4.68 Å². The average Bonchev–Trinajstić information content (AvgIpc) is 2.93. The average molecular weight is 310 g/mol. The molecule has 1 heterocycles. The van der Waals surface area contributed by atoms with Crippen LogP contribution in [0, 0.1) is 0 Å². The predicted octanol–water partition coefficient (Wildman–Crippen LogP) is 4.38. The van der Waals surface area contributed by atoms with Crippen molar-refractivity contribution in [2.24, 2.45) is 0 Å². The van der Waals surface area contributed by atoms with E-state index >= 15 is 0 Å². The van der Waals surface area contributed by atoms with E-state index in [1.54, 1.807) is 0 Å². The number of aromatic nitrogens is 2. The van der Waals surface area contributed by atoms with E-state index in [0.29, 0.717) is 6.04 Å². The maximum absolute atomic E-state index is 10.7. The highest BCUT2D eigenvalue weighted by molar-refractivity contribution is 5.66. The molecule has 1 aromatic carbocycles. The summed E-state index contributed by atoms with van der Waals surface area (Å²) in [6.45, 7) is 4.42. The Hall–Kier alpha value is -1.61. The molecule has 2 aliphatic rings. The molecule has 23 heavy (non-hydrogen) atoms. The van der Waals surface area contributed by atoms with Crippen molar-refractivity contribution in [2.45, 2.75) is 70.4 Å². The second-order valence-electron chi connectivity index (χ2n) is 7.49. The topological polar surface area (TPSA) is 38.0 Å². The predicted molar refractivity (Wildman–Crippen MR) is 92.4 cm³/mol. The van der Waals surface area contributed by atoms with Crippen LogP contribution in [-0.2, 0) is 18.4 Å². The van der Waals surface area contributed by atoms with Crippen molar-refractivity contribution in [3.05, 3.63) is 41.1 Å². The van der Waals surface area contributed by atoms with Crippen LogP contribution in [0.15, 0.2) is 24.3 Å². The molecule has 0 spiro atoms. The number of hydrogen-bond donors (Lipinski definition) is 1. The smallest absolute Gasteiger partial charge is 0.0958 e. The quantitative estimate of drug-likeness (QED) is 0.913. The summed E-state index contributed by atoms with van der Waals surface area (Å²) in [6, 6.07) is 8.85. The minimum Gasteiger partial charge on any atom is -0.385 e. The summed E-state index contributed by atoms with van der Waals surface area (Å²) in [6.07, 6.45) is 7.69. The fourth-order valence-electron chi connectivity index (χ4n) is 4.04. The molecule has 1 saturated carbocycles. The standard InChI is InChI=1S/C20H26N2O/c1-14(2)22-18-10-4-3-9-17(18)19(21-22)15-7-5-8-16(13-15)20(23)11-6-12-20/h5,7-8,13-14,23H,3-4,6,9-12H2,1-2H3. The summed E-state index contributed by atoms with van der Waals surface area (Å²) in [4.78, 5) is 0. The highest BCUT2D eigenvalue weighted by atomic mass is 16.3. The molecule has 0 saturated heterocycles. The third-order valence-corrected chi connectivity index (χ3v) is 5.55. The van der Waals surface area contributed by atoms with Gasteiger partial charge in [-0.05, 0) is 70.4 Å². The van der Waals surface area contributed by atoms with Crippen molar-refractivity contribution in [1.29, 1.82) is 0 Å². The minimum absolute atomic E-state index is 0.398. The van der Waals surface area contributed by atoms with Crippen LogP contribution in [0.25, 0.3) is 11.3 Å². The summed E-state index contributed by atoms with van der Waals surface area (Å²) >= 11 is 0. The Morgan fingerprint density at radius 3 is 2.61 bits per heavy atom. The zero-order valence-corrected chi connectivity index (χ0v) is 14.2.